The van der Waals surface area contributed by atoms with Crippen LogP contribution in [0.25, 0.3) is 11.5 Å². The molecule has 0 atom stereocenters. The minimum Gasteiger partial charge on any atom is -0.411 e. The lowest BCUT2D eigenvalue weighted by Gasteiger charge is -2.05. The van der Waals surface area contributed by atoms with Crippen molar-refractivity contribution in [3.05, 3.63) is 51.3 Å². The Morgan fingerprint density at radius 2 is 2.08 bits per heavy atom. The maximum atomic E-state index is 13.7. The molecule has 0 unspecified atom stereocenters. The van der Waals surface area contributed by atoms with Crippen molar-refractivity contribution in [2.45, 2.75) is 5.22 Å². The summed E-state index contributed by atoms with van der Waals surface area (Å²) in [6, 6.07) is 7.87. The van der Waals surface area contributed by atoms with Crippen molar-refractivity contribution in [2.24, 2.45) is 0 Å². The third kappa shape index (κ3) is 4.65. The summed E-state index contributed by atoms with van der Waals surface area (Å²) in [5.41, 5.74) is 0.217. The van der Waals surface area contributed by atoms with Gasteiger partial charge >= 0.3 is 0 Å². The Hall–Kier alpha value is -1.78. The number of nitrogens with zero attached hydrogens (tertiary/aromatic N) is 3. The van der Waals surface area contributed by atoms with Gasteiger partial charge in [-0.3, -0.25) is 4.79 Å². The molecule has 10 heteroatoms. The van der Waals surface area contributed by atoms with Gasteiger partial charge in [0.05, 0.1) is 15.8 Å². The van der Waals surface area contributed by atoms with Crippen molar-refractivity contribution in [3.63, 3.8) is 0 Å². The Kier molecular flexibility index (Phi) is 5.82. The zero-order valence-electron chi connectivity index (χ0n) is 12.4. The third-order valence-corrected chi connectivity index (χ3v) is 4.76. The fourth-order valence-electron chi connectivity index (χ4n) is 1.81. The second-order valence-electron chi connectivity index (χ2n) is 4.67. The highest BCUT2D eigenvalue weighted by molar-refractivity contribution is 9.11. The molecule has 0 saturated heterocycles. The summed E-state index contributed by atoms with van der Waals surface area (Å²) in [6.07, 6.45) is 1.58. The molecule has 0 fully saturated rings. The van der Waals surface area contributed by atoms with E-state index in [1.165, 1.54) is 6.07 Å². The number of amides is 1. The van der Waals surface area contributed by atoms with E-state index < -0.39 is 5.82 Å². The highest BCUT2D eigenvalue weighted by atomic mass is 79.9. The maximum absolute atomic E-state index is 13.7. The number of carbonyl (C=O) groups is 1. The lowest BCUT2D eigenvalue weighted by atomic mass is 10.2. The van der Waals surface area contributed by atoms with Gasteiger partial charge in [-0.2, -0.15) is 0 Å². The fourth-order valence-corrected chi connectivity index (χ4v) is 3.46. The first kappa shape index (κ1) is 18.0. The van der Waals surface area contributed by atoms with E-state index in [2.05, 4.69) is 52.4 Å². The number of anilines is 1. The number of pyridine rings is 1. The van der Waals surface area contributed by atoms with Gasteiger partial charge in [0.1, 0.15) is 11.6 Å². The molecule has 0 spiro atoms. The van der Waals surface area contributed by atoms with E-state index in [0.717, 1.165) is 16.2 Å². The first-order chi connectivity index (χ1) is 12.0. The van der Waals surface area contributed by atoms with Crippen molar-refractivity contribution < 1.29 is 13.6 Å². The molecular weight excluding hydrogens is 479 g/mol. The van der Waals surface area contributed by atoms with Crippen LogP contribution < -0.4 is 5.32 Å². The monoisotopic (exact) mass is 486 g/mol. The summed E-state index contributed by atoms with van der Waals surface area (Å²) in [5, 5.41) is 10.5. The minimum absolute atomic E-state index is 0.0447. The zero-order valence-corrected chi connectivity index (χ0v) is 16.4. The largest absolute Gasteiger partial charge is 0.411 e. The number of aromatic nitrogens is 3. The SMILES string of the molecule is O=C(CSc1nnc(-c2ccccc2F)o1)Nc1ncc(Br)cc1Br. The number of rotatable bonds is 5. The Morgan fingerprint density at radius 1 is 1.28 bits per heavy atom. The van der Waals surface area contributed by atoms with Gasteiger partial charge in [-0.05, 0) is 50.1 Å². The topological polar surface area (TPSA) is 80.9 Å². The lowest BCUT2D eigenvalue weighted by Crippen LogP contribution is -2.15. The smallest absolute Gasteiger partial charge is 0.277 e. The molecule has 6 nitrogen and oxygen atoms in total. The molecule has 1 aromatic carbocycles. The van der Waals surface area contributed by atoms with Crippen LogP contribution >= 0.6 is 43.6 Å². The summed E-state index contributed by atoms with van der Waals surface area (Å²) in [7, 11) is 0. The van der Waals surface area contributed by atoms with Crippen LogP contribution in [-0.2, 0) is 4.79 Å². The van der Waals surface area contributed by atoms with Crippen LogP contribution in [0.4, 0.5) is 10.2 Å². The highest BCUT2D eigenvalue weighted by Gasteiger charge is 2.14. The molecule has 0 aliphatic heterocycles. The average Bonchev–Trinajstić information content (AvgIpc) is 3.05. The van der Waals surface area contributed by atoms with Gasteiger partial charge in [0.2, 0.25) is 5.91 Å². The molecular formula is C15H9Br2FN4O2S. The third-order valence-electron chi connectivity index (χ3n) is 2.90. The molecule has 0 aliphatic rings. The molecule has 1 N–H and O–H groups in total. The molecule has 0 saturated carbocycles. The standard InChI is InChI=1S/C15H9Br2FN4O2S/c16-8-5-10(17)13(19-6-8)20-12(23)7-25-15-22-21-14(24-15)9-3-1-2-4-11(9)18/h1-6H,7H2,(H,19,20,23). The van der Waals surface area contributed by atoms with E-state index >= 15 is 0 Å². The quantitative estimate of drug-likeness (QED) is 0.532. The first-order valence-corrected chi connectivity index (χ1v) is 9.42. The second-order valence-corrected chi connectivity index (χ2v) is 7.37. The minimum atomic E-state index is -0.452. The predicted molar refractivity (Wildman–Crippen MR) is 98.7 cm³/mol. The Balaban J connectivity index is 1.60. The van der Waals surface area contributed by atoms with Crippen molar-refractivity contribution in [3.8, 4) is 11.5 Å². The molecule has 25 heavy (non-hydrogen) atoms. The van der Waals surface area contributed by atoms with E-state index in [0.29, 0.717) is 10.3 Å². The van der Waals surface area contributed by atoms with Crippen LogP contribution in [0.1, 0.15) is 0 Å². The molecule has 3 rings (SSSR count). The summed E-state index contributed by atoms with van der Waals surface area (Å²) in [6.45, 7) is 0. The van der Waals surface area contributed by atoms with Gasteiger partial charge in [0, 0.05) is 10.7 Å². The van der Waals surface area contributed by atoms with Crippen LogP contribution in [0, 0.1) is 5.82 Å². The number of halogens is 3. The lowest BCUT2D eigenvalue weighted by molar-refractivity contribution is -0.113. The Labute approximate surface area is 162 Å². The molecule has 0 aliphatic carbocycles. The molecule has 1 amide bonds. The van der Waals surface area contributed by atoms with E-state index in [1.807, 2.05) is 0 Å². The van der Waals surface area contributed by atoms with Crippen LogP contribution in [0.3, 0.4) is 0 Å². The average molecular weight is 488 g/mol. The van der Waals surface area contributed by atoms with Crippen molar-refractivity contribution in [1.29, 1.82) is 0 Å². The highest BCUT2D eigenvalue weighted by Crippen LogP contribution is 2.26. The van der Waals surface area contributed by atoms with Crippen LogP contribution in [-0.4, -0.2) is 26.8 Å². The molecule has 0 bridgehead atoms. The van der Waals surface area contributed by atoms with Crippen molar-refractivity contribution >= 4 is 55.3 Å². The van der Waals surface area contributed by atoms with Gasteiger partial charge in [-0.25, -0.2) is 9.37 Å². The normalized spacial score (nSPS) is 10.7. The number of nitrogens with one attached hydrogen (secondary N) is 1. The number of hydrogen-bond donors (Lipinski definition) is 1. The van der Waals surface area contributed by atoms with Crippen molar-refractivity contribution in [2.75, 3.05) is 11.1 Å². The maximum Gasteiger partial charge on any atom is 0.277 e. The van der Waals surface area contributed by atoms with E-state index in [4.69, 9.17) is 4.42 Å². The Morgan fingerprint density at radius 3 is 2.84 bits per heavy atom. The summed E-state index contributed by atoms with van der Waals surface area (Å²) in [5.74, 6) is -0.217. The first-order valence-electron chi connectivity index (χ1n) is 6.85. The fraction of sp³-hybridized carbons (Fsp3) is 0.0667. The number of thioether (sulfide) groups is 1. The summed E-state index contributed by atoms with van der Waals surface area (Å²) in [4.78, 5) is 16.1. The van der Waals surface area contributed by atoms with Crippen molar-refractivity contribution in [1.82, 2.24) is 15.2 Å². The number of hydrogen-bond acceptors (Lipinski definition) is 6. The van der Waals surface area contributed by atoms with E-state index in [1.54, 1.807) is 30.5 Å². The zero-order chi connectivity index (χ0) is 17.8. The Bertz CT molecular complexity index is 922. The van der Waals surface area contributed by atoms with Gasteiger partial charge in [0.15, 0.2) is 0 Å². The van der Waals surface area contributed by atoms with Gasteiger partial charge in [-0.1, -0.05) is 23.9 Å². The van der Waals surface area contributed by atoms with E-state index in [-0.39, 0.29) is 28.3 Å². The van der Waals surface area contributed by atoms with Crippen LogP contribution in [0.15, 0.2) is 55.1 Å². The molecule has 128 valence electrons. The number of benzene rings is 1. The summed E-state index contributed by atoms with van der Waals surface area (Å²) < 4.78 is 20.5. The predicted octanol–water partition coefficient (Wildman–Crippen LogP) is 4.53. The molecule has 2 heterocycles. The van der Waals surface area contributed by atoms with Gasteiger partial charge < -0.3 is 9.73 Å². The summed E-state index contributed by atoms with van der Waals surface area (Å²) >= 11 is 7.66. The second kappa shape index (κ2) is 8.07. The molecule has 3 aromatic rings. The van der Waals surface area contributed by atoms with Crippen LogP contribution in [0.5, 0.6) is 0 Å². The van der Waals surface area contributed by atoms with Gasteiger partial charge in [0.25, 0.3) is 11.1 Å². The molecule has 2 aromatic heterocycles. The number of carbonyl (C=O) groups excluding carboxylic acids is 1. The van der Waals surface area contributed by atoms with E-state index in [9.17, 15) is 9.18 Å². The molecule has 0 radical (unpaired) electrons. The van der Waals surface area contributed by atoms with Crippen LogP contribution in [0.2, 0.25) is 0 Å². The van der Waals surface area contributed by atoms with Gasteiger partial charge in [-0.15, -0.1) is 10.2 Å².